The fraction of sp³-hybridized carbons (Fsp3) is 0.667. The molecule has 2 heterocycles. The van der Waals surface area contributed by atoms with E-state index < -0.39 is 0 Å². The predicted molar refractivity (Wildman–Crippen MR) is 62.0 cm³/mol. The normalized spacial score (nSPS) is 22.0. The van der Waals surface area contributed by atoms with Crippen LogP contribution in [0.15, 0.2) is 4.52 Å². The lowest BCUT2D eigenvalue weighted by Gasteiger charge is -2.20. The number of aromatic nitrogens is 2. The molecule has 0 amide bonds. The van der Waals surface area contributed by atoms with Gasteiger partial charge in [0.25, 0.3) is 0 Å². The van der Waals surface area contributed by atoms with Gasteiger partial charge in [-0.25, -0.2) is 0 Å². The van der Waals surface area contributed by atoms with Crippen molar-refractivity contribution in [2.45, 2.75) is 44.2 Å². The summed E-state index contributed by atoms with van der Waals surface area (Å²) in [5.41, 5.74) is 5.78. The minimum Gasteiger partial charge on any atom is -0.378 e. The molecule has 2 rings (SSSR count). The molecule has 92 valence electrons. The summed E-state index contributed by atoms with van der Waals surface area (Å²) in [6, 6.07) is -0.367. The third-order valence-corrected chi connectivity index (χ3v) is 2.82. The van der Waals surface area contributed by atoms with Gasteiger partial charge in [-0.05, 0) is 19.3 Å². The average molecular weight is 235 g/mol. The van der Waals surface area contributed by atoms with E-state index >= 15 is 0 Å². The number of hydrogen-bond donors (Lipinski definition) is 1. The number of ether oxygens (including phenoxy) is 1. The molecule has 0 aromatic carbocycles. The Kier molecular flexibility index (Phi) is 4.13. The summed E-state index contributed by atoms with van der Waals surface area (Å²) in [5.74, 6) is 3.54. The van der Waals surface area contributed by atoms with E-state index in [-0.39, 0.29) is 12.1 Å². The van der Waals surface area contributed by atoms with E-state index in [0.717, 1.165) is 19.4 Å². The molecular weight excluding hydrogens is 218 g/mol. The monoisotopic (exact) mass is 235 g/mol. The average Bonchev–Trinajstić information content (AvgIpc) is 2.79. The second-order valence-corrected chi connectivity index (χ2v) is 4.26. The predicted octanol–water partition coefficient (Wildman–Crippen LogP) is 1.20. The molecule has 0 spiro atoms. The smallest absolute Gasteiger partial charge is 0.244 e. The largest absolute Gasteiger partial charge is 0.378 e. The van der Waals surface area contributed by atoms with Crippen LogP contribution in [0.2, 0.25) is 0 Å². The maximum Gasteiger partial charge on any atom is 0.244 e. The van der Waals surface area contributed by atoms with Crippen molar-refractivity contribution in [3.8, 4) is 12.3 Å². The maximum absolute atomic E-state index is 5.78. The van der Waals surface area contributed by atoms with Gasteiger partial charge in [-0.3, -0.25) is 0 Å². The lowest BCUT2D eigenvalue weighted by Crippen LogP contribution is -2.22. The number of rotatable bonds is 4. The van der Waals surface area contributed by atoms with E-state index in [9.17, 15) is 0 Å². The molecule has 5 nitrogen and oxygen atoms in total. The van der Waals surface area contributed by atoms with Crippen molar-refractivity contribution in [2.24, 2.45) is 5.73 Å². The molecule has 17 heavy (non-hydrogen) atoms. The molecule has 1 saturated heterocycles. The molecule has 1 aliphatic rings. The van der Waals surface area contributed by atoms with Crippen LogP contribution in [-0.4, -0.2) is 22.9 Å². The highest BCUT2D eigenvalue weighted by Gasteiger charge is 2.19. The molecule has 0 aliphatic carbocycles. The molecule has 0 bridgehead atoms. The second kappa shape index (κ2) is 5.80. The van der Waals surface area contributed by atoms with Crippen LogP contribution in [0, 0.1) is 12.3 Å². The molecule has 1 aromatic heterocycles. The summed E-state index contributed by atoms with van der Waals surface area (Å²) >= 11 is 0. The van der Waals surface area contributed by atoms with E-state index in [4.69, 9.17) is 21.4 Å². The van der Waals surface area contributed by atoms with Crippen LogP contribution < -0.4 is 5.73 Å². The Morgan fingerprint density at radius 3 is 3.12 bits per heavy atom. The molecular formula is C12H17N3O2. The minimum atomic E-state index is -0.367. The fourth-order valence-electron chi connectivity index (χ4n) is 1.89. The Balaban J connectivity index is 1.91. The van der Waals surface area contributed by atoms with Crippen LogP contribution in [0.25, 0.3) is 0 Å². The van der Waals surface area contributed by atoms with Crippen LogP contribution in [0.1, 0.15) is 43.4 Å². The van der Waals surface area contributed by atoms with Gasteiger partial charge in [-0.2, -0.15) is 4.98 Å². The van der Waals surface area contributed by atoms with Crippen molar-refractivity contribution in [3.63, 3.8) is 0 Å². The van der Waals surface area contributed by atoms with Crippen molar-refractivity contribution in [2.75, 3.05) is 6.61 Å². The summed E-state index contributed by atoms with van der Waals surface area (Å²) in [4.78, 5) is 4.24. The topological polar surface area (TPSA) is 74.2 Å². The van der Waals surface area contributed by atoms with Crippen molar-refractivity contribution < 1.29 is 9.26 Å². The summed E-state index contributed by atoms with van der Waals surface area (Å²) in [6.45, 7) is 0.825. The highest BCUT2D eigenvalue weighted by Crippen LogP contribution is 2.17. The molecule has 2 atom stereocenters. The SMILES string of the molecule is C#CCC(N)c1nc(CC2CCCCO2)no1. The zero-order valence-electron chi connectivity index (χ0n) is 9.76. The molecule has 5 heteroatoms. The first-order valence-corrected chi connectivity index (χ1v) is 5.92. The van der Waals surface area contributed by atoms with Gasteiger partial charge in [0.05, 0.1) is 12.1 Å². The lowest BCUT2D eigenvalue weighted by atomic mass is 10.1. The summed E-state index contributed by atoms with van der Waals surface area (Å²) in [6.07, 6.45) is 9.88. The van der Waals surface area contributed by atoms with Crippen LogP contribution in [-0.2, 0) is 11.2 Å². The fourth-order valence-corrected chi connectivity index (χ4v) is 1.89. The molecule has 2 unspecified atom stereocenters. The summed E-state index contributed by atoms with van der Waals surface area (Å²) in [5, 5.41) is 3.90. The van der Waals surface area contributed by atoms with Gasteiger partial charge in [-0.15, -0.1) is 12.3 Å². The Bertz CT molecular complexity index is 391. The first-order chi connectivity index (χ1) is 8.29. The molecule has 0 saturated carbocycles. The Morgan fingerprint density at radius 1 is 1.53 bits per heavy atom. The zero-order valence-corrected chi connectivity index (χ0v) is 9.76. The van der Waals surface area contributed by atoms with Crippen molar-refractivity contribution >= 4 is 0 Å². The molecule has 0 radical (unpaired) electrons. The molecule has 1 fully saturated rings. The van der Waals surface area contributed by atoms with Gasteiger partial charge in [0.1, 0.15) is 0 Å². The van der Waals surface area contributed by atoms with E-state index in [1.165, 1.54) is 6.42 Å². The standard InChI is InChI=1S/C12H17N3O2/c1-2-5-10(13)12-14-11(15-17-12)8-9-6-3-4-7-16-9/h1,9-10H,3-8,13H2. The van der Waals surface area contributed by atoms with Crippen molar-refractivity contribution in [3.05, 3.63) is 11.7 Å². The third kappa shape index (κ3) is 3.29. The maximum atomic E-state index is 5.78. The van der Waals surface area contributed by atoms with Crippen LogP contribution >= 0.6 is 0 Å². The first-order valence-electron chi connectivity index (χ1n) is 5.92. The van der Waals surface area contributed by atoms with Gasteiger partial charge in [-0.1, -0.05) is 5.16 Å². The Hall–Kier alpha value is -1.38. The highest BCUT2D eigenvalue weighted by molar-refractivity contribution is 4.99. The van der Waals surface area contributed by atoms with Gasteiger partial charge < -0.3 is 15.0 Å². The highest BCUT2D eigenvalue weighted by atomic mass is 16.5. The second-order valence-electron chi connectivity index (χ2n) is 4.26. The van der Waals surface area contributed by atoms with E-state index in [2.05, 4.69) is 16.1 Å². The molecule has 1 aromatic rings. The van der Waals surface area contributed by atoms with Gasteiger partial charge in [0.2, 0.25) is 5.89 Å². The minimum absolute atomic E-state index is 0.207. The summed E-state index contributed by atoms with van der Waals surface area (Å²) < 4.78 is 10.7. The Morgan fingerprint density at radius 2 is 2.41 bits per heavy atom. The van der Waals surface area contributed by atoms with Gasteiger partial charge in [0, 0.05) is 19.4 Å². The quantitative estimate of drug-likeness (QED) is 0.794. The van der Waals surface area contributed by atoms with Crippen LogP contribution in [0.5, 0.6) is 0 Å². The van der Waals surface area contributed by atoms with Gasteiger partial charge >= 0.3 is 0 Å². The third-order valence-electron chi connectivity index (χ3n) is 2.82. The zero-order chi connectivity index (χ0) is 12.1. The number of terminal acetylenes is 1. The van der Waals surface area contributed by atoms with Gasteiger partial charge in [0.15, 0.2) is 5.82 Å². The number of nitrogens with zero attached hydrogens (tertiary/aromatic N) is 2. The summed E-state index contributed by atoms with van der Waals surface area (Å²) in [7, 11) is 0. The van der Waals surface area contributed by atoms with E-state index in [1.54, 1.807) is 0 Å². The van der Waals surface area contributed by atoms with Crippen molar-refractivity contribution in [1.29, 1.82) is 0 Å². The van der Waals surface area contributed by atoms with Crippen LogP contribution in [0.4, 0.5) is 0 Å². The first kappa shape index (κ1) is 12.1. The van der Waals surface area contributed by atoms with Crippen LogP contribution in [0.3, 0.4) is 0 Å². The van der Waals surface area contributed by atoms with Crippen molar-refractivity contribution in [1.82, 2.24) is 10.1 Å². The molecule has 2 N–H and O–H groups in total. The molecule has 1 aliphatic heterocycles. The van der Waals surface area contributed by atoms with E-state index in [0.29, 0.717) is 24.6 Å². The lowest BCUT2D eigenvalue weighted by molar-refractivity contribution is 0.0153. The van der Waals surface area contributed by atoms with E-state index in [1.807, 2.05) is 0 Å². The Labute approximate surface area is 101 Å². The number of nitrogens with two attached hydrogens (primary N) is 1. The number of hydrogen-bond acceptors (Lipinski definition) is 5.